The van der Waals surface area contributed by atoms with Gasteiger partial charge in [0.15, 0.2) is 9.84 Å². The minimum atomic E-state index is -3.23. The number of benzene rings is 2. The third kappa shape index (κ3) is 6.28. The van der Waals surface area contributed by atoms with E-state index in [0.717, 1.165) is 64.1 Å². The topological polar surface area (TPSA) is 78.0 Å². The molecular formula is C32H43N3O4S. The van der Waals surface area contributed by atoms with Crippen LogP contribution in [0.3, 0.4) is 0 Å². The lowest BCUT2D eigenvalue weighted by atomic mass is 9.76. The fourth-order valence-electron chi connectivity index (χ4n) is 6.88. The van der Waals surface area contributed by atoms with E-state index in [1.807, 2.05) is 23.1 Å². The van der Waals surface area contributed by atoms with Crippen LogP contribution < -0.4 is 0 Å². The van der Waals surface area contributed by atoms with E-state index in [4.69, 9.17) is 0 Å². The van der Waals surface area contributed by atoms with Crippen LogP contribution in [0.1, 0.15) is 56.6 Å². The minimum absolute atomic E-state index is 0.243. The number of amides is 2. The smallest absolute Gasteiger partial charge is 0.229 e. The van der Waals surface area contributed by atoms with E-state index in [1.54, 1.807) is 12.1 Å². The molecular weight excluding hydrogens is 522 g/mol. The molecule has 2 atom stereocenters. The Morgan fingerprint density at radius 1 is 0.950 bits per heavy atom. The Labute approximate surface area is 239 Å². The highest BCUT2D eigenvalue weighted by atomic mass is 32.2. The molecule has 8 heteroatoms. The van der Waals surface area contributed by atoms with Gasteiger partial charge in [0.05, 0.1) is 10.3 Å². The van der Waals surface area contributed by atoms with E-state index in [9.17, 15) is 18.0 Å². The Morgan fingerprint density at radius 2 is 1.60 bits per heavy atom. The number of piperidine rings is 1. The van der Waals surface area contributed by atoms with Gasteiger partial charge in [-0.3, -0.25) is 9.59 Å². The highest BCUT2D eigenvalue weighted by Crippen LogP contribution is 2.43. The summed E-state index contributed by atoms with van der Waals surface area (Å²) < 4.78 is 23.5. The van der Waals surface area contributed by atoms with Crippen molar-refractivity contribution >= 4 is 21.7 Å². The average molecular weight is 566 g/mol. The van der Waals surface area contributed by atoms with Gasteiger partial charge >= 0.3 is 0 Å². The van der Waals surface area contributed by atoms with Gasteiger partial charge < -0.3 is 14.7 Å². The Kier molecular flexibility index (Phi) is 8.39. The van der Waals surface area contributed by atoms with Gasteiger partial charge in [-0.1, -0.05) is 56.3 Å². The number of nitrogens with zero attached hydrogens (tertiary/aromatic N) is 3. The van der Waals surface area contributed by atoms with E-state index in [2.05, 4.69) is 47.9 Å². The third-order valence-corrected chi connectivity index (χ3v) is 10.4. The zero-order valence-corrected chi connectivity index (χ0v) is 24.9. The first-order chi connectivity index (χ1) is 19.0. The van der Waals surface area contributed by atoms with Crippen LogP contribution in [0.15, 0.2) is 59.5 Å². The number of carbonyl (C=O) groups is 2. The predicted octanol–water partition coefficient (Wildman–Crippen LogP) is 4.19. The molecule has 0 N–H and O–H groups in total. The third-order valence-electron chi connectivity index (χ3n) is 9.24. The normalized spacial score (nSPS) is 23.4. The molecule has 40 heavy (non-hydrogen) atoms. The van der Waals surface area contributed by atoms with Gasteiger partial charge in [0.25, 0.3) is 0 Å². The number of sulfone groups is 1. The Morgan fingerprint density at radius 3 is 2.23 bits per heavy atom. The summed E-state index contributed by atoms with van der Waals surface area (Å²) in [5, 5.41) is 0. The van der Waals surface area contributed by atoms with E-state index in [1.165, 1.54) is 11.8 Å². The van der Waals surface area contributed by atoms with Crippen LogP contribution in [0.5, 0.6) is 0 Å². The zero-order chi connectivity index (χ0) is 28.5. The Balaban J connectivity index is 1.19. The lowest BCUT2D eigenvalue weighted by molar-refractivity contribution is -0.139. The van der Waals surface area contributed by atoms with Crippen LogP contribution in [-0.4, -0.2) is 80.5 Å². The summed E-state index contributed by atoms with van der Waals surface area (Å²) in [6, 6.07) is 17.5. The SMILES string of the molecule is CC(C)CC(=O)N1C[C@H](CN2CCC3(CC2)CCN(Cc2ccc(S(C)(=O)=O)cc2)C3=O)[C@@H](c2ccccc2)C1. The molecule has 0 saturated carbocycles. The van der Waals surface area contributed by atoms with Gasteiger partial charge in [-0.2, -0.15) is 0 Å². The van der Waals surface area contributed by atoms with Gasteiger partial charge in [0.1, 0.15) is 0 Å². The second-order valence-corrected chi connectivity index (χ2v) is 14.7. The van der Waals surface area contributed by atoms with Crippen molar-refractivity contribution in [2.45, 2.75) is 56.9 Å². The second-order valence-electron chi connectivity index (χ2n) is 12.6. The summed E-state index contributed by atoms with van der Waals surface area (Å²) in [6.45, 7) is 9.82. The molecule has 1 spiro atoms. The molecule has 0 radical (unpaired) electrons. The molecule has 2 aromatic carbocycles. The monoisotopic (exact) mass is 565 g/mol. The van der Waals surface area contributed by atoms with Gasteiger partial charge in [-0.15, -0.1) is 0 Å². The van der Waals surface area contributed by atoms with Crippen LogP contribution in [0.4, 0.5) is 0 Å². The van der Waals surface area contributed by atoms with Crippen LogP contribution in [-0.2, 0) is 26.0 Å². The van der Waals surface area contributed by atoms with Crippen molar-refractivity contribution in [3.05, 3.63) is 65.7 Å². The van der Waals surface area contributed by atoms with Crippen LogP contribution in [0.25, 0.3) is 0 Å². The standard InChI is InChI=1S/C32H43N3O4S/c1-24(2)19-30(36)35-22-27(29(23-35)26-7-5-4-6-8-26)21-33-16-13-32(14-17-33)15-18-34(31(32)37)20-25-9-11-28(12-10-25)40(3,38)39/h4-12,24,27,29H,13-23H2,1-3H3/t27-,29+/m0/s1. The van der Waals surface area contributed by atoms with Gasteiger partial charge in [-0.25, -0.2) is 8.42 Å². The summed E-state index contributed by atoms with van der Waals surface area (Å²) in [5.74, 6) is 1.59. The number of hydrogen-bond donors (Lipinski definition) is 0. The summed E-state index contributed by atoms with van der Waals surface area (Å²) >= 11 is 0. The maximum atomic E-state index is 13.6. The quantitative estimate of drug-likeness (QED) is 0.480. The molecule has 2 amide bonds. The number of hydrogen-bond acceptors (Lipinski definition) is 5. The first-order valence-electron chi connectivity index (χ1n) is 14.7. The lowest BCUT2D eigenvalue weighted by Crippen LogP contribution is -2.46. The van der Waals surface area contributed by atoms with Gasteiger partial charge in [0.2, 0.25) is 11.8 Å². The lowest BCUT2D eigenvalue weighted by Gasteiger charge is -2.39. The van der Waals surface area contributed by atoms with Crippen LogP contribution >= 0.6 is 0 Å². The van der Waals surface area contributed by atoms with Crippen molar-refractivity contribution in [3.8, 4) is 0 Å². The molecule has 3 aliphatic heterocycles. The molecule has 3 fully saturated rings. The zero-order valence-electron chi connectivity index (χ0n) is 24.1. The molecule has 5 rings (SSSR count). The van der Waals surface area contributed by atoms with Crippen molar-refractivity contribution in [2.75, 3.05) is 45.5 Å². The maximum Gasteiger partial charge on any atom is 0.229 e. The van der Waals surface area contributed by atoms with Gasteiger partial charge in [0, 0.05) is 51.3 Å². The number of carbonyl (C=O) groups excluding carboxylic acids is 2. The number of likely N-dealkylation sites (tertiary alicyclic amines) is 3. The molecule has 0 aliphatic carbocycles. The largest absolute Gasteiger partial charge is 0.342 e. The Bertz CT molecular complexity index is 1300. The van der Waals surface area contributed by atoms with Crippen molar-refractivity contribution in [3.63, 3.8) is 0 Å². The molecule has 2 aromatic rings. The van der Waals surface area contributed by atoms with Crippen LogP contribution in [0.2, 0.25) is 0 Å². The number of rotatable bonds is 8. The van der Waals surface area contributed by atoms with E-state index in [-0.39, 0.29) is 17.2 Å². The van der Waals surface area contributed by atoms with E-state index in [0.29, 0.717) is 35.6 Å². The molecule has 7 nitrogen and oxygen atoms in total. The van der Waals surface area contributed by atoms with Gasteiger partial charge in [-0.05, 0) is 67.4 Å². The summed E-state index contributed by atoms with van der Waals surface area (Å²) in [6.07, 6.45) is 4.43. The van der Waals surface area contributed by atoms with Crippen LogP contribution in [0, 0.1) is 17.3 Å². The second kappa shape index (κ2) is 11.6. The average Bonchev–Trinajstić information content (AvgIpc) is 3.47. The highest BCUT2D eigenvalue weighted by molar-refractivity contribution is 7.90. The molecule has 3 heterocycles. The summed E-state index contributed by atoms with van der Waals surface area (Å²) in [4.78, 5) is 33.4. The minimum Gasteiger partial charge on any atom is -0.342 e. The molecule has 0 unspecified atom stereocenters. The molecule has 216 valence electrons. The molecule has 3 aliphatic rings. The van der Waals surface area contributed by atoms with Crippen molar-refractivity contribution < 1.29 is 18.0 Å². The Hall–Kier alpha value is -2.71. The fourth-order valence-corrected chi connectivity index (χ4v) is 7.51. The van der Waals surface area contributed by atoms with E-state index >= 15 is 0 Å². The first-order valence-corrected chi connectivity index (χ1v) is 16.6. The summed E-state index contributed by atoms with van der Waals surface area (Å²) in [5.41, 5.74) is 1.99. The molecule has 0 aromatic heterocycles. The fraction of sp³-hybridized carbons (Fsp3) is 0.562. The van der Waals surface area contributed by atoms with Crippen molar-refractivity contribution in [2.24, 2.45) is 17.3 Å². The molecule has 3 saturated heterocycles. The van der Waals surface area contributed by atoms with Crippen molar-refractivity contribution in [1.82, 2.24) is 14.7 Å². The van der Waals surface area contributed by atoms with E-state index < -0.39 is 9.84 Å². The molecule has 0 bridgehead atoms. The predicted molar refractivity (Wildman–Crippen MR) is 156 cm³/mol. The first kappa shape index (κ1) is 28.8. The summed E-state index contributed by atoms with van der Waals surface area (Å²) in [7, 11) is -3.23. The van der Waals surface area contributed by atoms with Crippen molar-refractivity contribution in [1.29, 1.82) is 0 Å². The maximum absolute atomic E-state index is 13.6. The highest BCUT2D eigenvalue weighted by Gasteiger charge is 2.48.